The summed E-state index contributed by atoms with van der Waals surface area (Å²) in [7, 11) is 0. The van der Waals surface area contributed by atoms with E-state index in [-0.39, 0.29) is 5.91 Å². The average molecular weight is 224 g/mol. The van der Waals surface area contributed by atoms with E-state index in [9.17, 15) is 4.79 Å². The monoisotopic (exact) mass is 224 g/mol. The van der Waals surface area contributed by atoms with Crippen molar-refractivity contribution in [2.45, 2.75) is 45.4 Å². The van der Waals surface area contributed by atoms with Crippen molar-refractivity contribution < 1.29 is 4.79 Å². The zero-order valence-corrected chi connectivity index (χ0v) is 10.3. The highest BCUT2D eigenvalue weighted by atomic mass is 16.1. The topological polar surface area (TPSA) is 41.1 Å². The maximum absolute atomic E-state index is 11.8. The molecule has 1 amide bonds. The van der Waals surface area contributed by atoms with Gasteiger partial charge in [-0.2, -0.15) is 0 Å². The highest BCUT2D eigenvalue weighted by Crippen LogP contribution is 2.36. The molecule has 1 saturated heterocycles. The predicted octanol–water partition coefficient (Wildman–Crippen LogP) is 1.68. The molecule has 1 unspecified atom stereocenters. The minimum atomic E-state index is 0.252. The first kappa shape index (κ1) is 11.9. The number of carbonyl (C=O) groups is 1. The molecule has 1 aliphatic heterocycles. The summed E-state index contributed by atoms with van der Waals surface area (Å²) in [5.74, 6) is 0.818. The number of amides is 1. The lowest BCUT2D eigenvalue weighted by molar-refractivity contribution is -0.122. The minimum absolute atomic E-state index is 0.252. The number of hydrogen-bond donors (Lipinski definition) is 2. The van der Waals surface area contributed by atoms with Gasteiger partial charge in [0.15, 0.2) is 0 Å². The maximum Gasteiger partial charge on any atom is 0.220 e. The van der Waals surface area contributed by atoms with Gasteiger partial charge in [0, 0.05) is 13.0 Å². The molecule has 2 aliphatic rings. The van der Waals surface area contributed by atoms with Crippen LogP contribution < -0.4 is 10.6 Å². The van der Waals surface area contributed by atoms with Crippen LogP contribution >= 0.6 is 0 Å². The molecule has 1 aliphatic carbocycles. The standard InChI is InChI=1S/C13H24N2O/c1-13(5-2-3-6-13)10-15-12(16)8-11-4-7-14-9-11/h11,14H,2-10H2,1H3,(H,15,16). The van der Waals surface area contributed by atoms with Gasteiger partial charge in [0.25, 0.3) is 0 Å². The van der Waals surface area contributed by atoms with E-state index in [0.717, 1.165) is 26.1 Å². The van der Waals surface area contributed by atoms with Gasteiger partial charge in [-0.25, -0.2) is 0 Å². The average Bonchev–Trinajstić information content (AvgIpc) is 2.88. The second-order valence-corrected chi connectivity index (χ2v) is 5.86. The van der Waals surface area contributed by atoms with Crippen LogP contribution in [0.4, 0.5) is 0 Å². The molecule has 16 heavy (non-hydrogen) atoms. The summed E-state index contributed by atoms with van der Waals surface area (Å²) in [6.07, 6.45) is 7.09. The fraction of sp³-hybridized carbons (Fsp3) is 0.923. The quantitative estimate of drug-likeness (QED) is 0.763. The normalized spacial score (nSPS) is 28.2. The van der Waals surface area contributed by atoms with Crippen LogP contribution in [-0.4, -0.2) is 25.5 Å². The molecule has 3 heteroatoms. The number of nitrogens with one attached hydrogen (secondary N) is 2. The molecule has 0 aromatic heterocycles. The lowest BCUT2D eigenvalue weighted by atomic mass is 9.89. The molecule has 1 saturated carbocycles. The number of carbonyl (C=O) groups excluding carboxylic acids is 1. The summed E-state index contributed by atoms with van der Waals surface area (Å²) in [5.41, 5.74) is 0.379. The first-order valence-corrected chi connectivity index (χ1v) is 6.65. The van der Waals surface area contributed by atoms with Crippen LogP contribution in [0.1, 0.15) is 45.4 Å². The molecule has 3 nitrogen and oxygen atoms in total. The van der Waals surface area contributed by atoms with Crippen molar-refractivity contribution >= 4 is 5.91 Å². The molecule has 2 N–H and O–H groups in total. The maximum atomic E-state index is 11.8. The lowest BCUT2D eigenvalue weighted by Crippen LogP contribution is -2.35. The molecule has 1 heterocycles. The molecule has 1 atom stereocenters. The molecular formula is C13H24N2O. The Bertz CT molecular complexity index is 240. The molecule has 0 aromatic carbocycles. The summed E-state index contributed by atoms with van der Waals surface area (Å²) in [6, 6.07) is 0. The van der Waals surface area contributed by atoms with E-state index in [1.54, 1.807) is 0 Å². The summed E-state index contributed by atoms with van der Waals surface area (Å²) >= 11 is 0. The van der Waals surface area contributed by atoms with Crippen molar-refractivity contribution in [3.63, 3.8) is 0 Å². The van der Waals surface area contributed by atoms with Crippen molar-refractivity contribution in [2.24, 2.45) is 11.3 Å². The Labute approximate surface area is 98.4 Å². The van der Waals surface area contributed by atoms with E-state index in [2.05, 4.69) is 17.6 Å². The van der Waals surface area contributed by atoms with Gasteiger partial charge in [-0.15, -0.1) is 0 Å². The van der Waals surface area contributed by atoms with Crippen LogP contribution in [0.15, 0.2) is 0 Å². The van der Waals surface area contributed by atoms with Gasteiger partial charge >= 0.3 is 0 Å². The highest BCUT2D eigenvalue weighted by molar-refractivity contribution is 5.76. The first-order chi connectivity index (χ1) is 7.68. The van der Waals surface area contributed by atoms with Crippen LogP contribution in [0.25, 0.3) is 0 Å². The molecule has 0 bridgehead atoms. The molecule has 0 radical (unpaired) electrons. The largest absolute Gasteiger partial charge is 0.356 e. The van der Waals surface area contributed by atoms with E-state index in [4.69, 9.17) is 0 Å². The number of rotatable bonds is 4. The summed E-state index contributed by atoms with van der Waals surface area (Å²) in [4.78, 5) is 11.8. The van der Waals surface area contributed by atoms with Crippen molar-refractivity contribution in [3.05, 3.63) is 0 Å². The second kappa shape index (κ2) is 5.17. The Balaban J connectivity index is 1.66. The third-order valence-corrected chi connectivity index (χ3v) is 4.16. The van der Waals surface area contributed by atoms with Gasteiger partial charge in [0.1, 0.15) is 0 Å². The van der Waals surface area contributed by atoms with Crippen LogP contribution in [0.2, 0.25) is 0 Å². The van der Waals surface area contributed by atoms with E-state index in [0.29, 0.717) is 17.8 Å². The van der Waals surface area contributed by atoms with E-state index in [1.165, 1.54) is 25.7 Å². The van der Waals surface area contributed by atoms with E-state index >= 15 is 0 Å². The van der Waals surface area contributed by atoms with E-state index < -0.39 is 0 Å². The predicted molar refractivity (Wildman–Crippen MR) is 65.2 cm³/mol. The van der Waals surface area contributed by atoms with Gasteiger partial charge in [0.05, 0.1) is 0 Å². The Kier molecular flexibility index (Phi) is 3.85. The van der Waals surface area contributed by atoms with Crippen LogP contribution in [-0.2, 0) is 4.79 Å². The summed E-state index contributed by atoms with van der Waals surface area (Å²) in [5, 5.41) is 6.43. The molecule has 92 valence electrons. The van der Waals surface area contributed by atoms with Crippen molar-refractivity contribution in [1.82, 2.24) is 10.6 Å². The fourth-order valence-electron chi connectivity index (χ4n) is 2.94. The summed E-state index contributed by atoms with van der Waals surface area (Å²) < 4.78 is 0. The Morgan fingerprint density at radius 1 is 1.44 bits per heavy atom. The second-order valence-electron chi connectivity index (χ2n) is 5.86. The van der Waals surface area contributed by atoms with Gasteiger partial charge in [-0.05, 0) is 43.7 Å². The zero-order chi connectivity index (χ0) is 11.4. The summed E-state index contributed by atoms with van der Waals surface area (Å²) in [6.45, 7) is 5.28. The molecule has 2 fully saturated rings. The third-order valence-electron chi connectivity index (χ3n) is 4.16. The minimum Gasteiger partial charge on any atom is -0.356 e. The van der Waals surface area contributed by atoms with Gasteiger partial charge in [-0.3, -0.25) is 4.79 Å². The van der Waals surface area contributed by atoms with Gasteiger partial charge in [0.2, 0.25) is 5.91 Å². The zero-order valence-electron chi connectivity index (χ0n) is 10.3. The fourth-order valence-corrected chi connectivity index (χ4v) is 2.94. The van der Waals surface area contributed by atoms with Crippen LogP contribution in [0.3, 0.4) is 0 Å². The molecular weight excluding hydrogens is 200 g/mol. The van der Waals surface area contributed by atoms with Crippen molar-refractivity contribution in [2.75, 3.05) is 19.6 Å². The lowest BCUT2D eigenvalue weighted by Gasteiger charge is -2.24. The molecule has 2 rings (SSSR count). The SMILES string of the molecule is CC1(CNC(=O)CC2CCNC2)CCCC1. The van der Waals surface area contributed by atoms with Crippen molar-refractivity contribution in [1.29, 1.82) is 0 Å². The Morgan fingerprint density at radius 2 is 2.19 bits per heavy atom. The van der Waals surface area contributed by atoms with Gasteiger partial charge in [-0.1, -0.05) is 19.8 Å². The van der Waals surface area contributed by atoms with Crippen LogP contribution in [0.5, 0.6) is 0 Å². The van der Waals surface area contributed by atoms with E-state index in [1.807, 2.05) is 0 Å². The van der Waals surface area contributed by atoms with Crippen LogP contribution in [0, 0.1) is 11.3 Å². The smallest absolute Gasteiger partial charge is 0.220 e. The highest BCUT2D eigenvalue weighted by Gasteiger charge is 2.29. The molecule has 0 spiro atoms. The van der Waals surface area contributed by atoms with Gasteiger partial charge < -0.3 is 10.6 Å². The Hall–Kier alpha value is -0.570. The van der Waals surface area contributed by atoms with Crippen molar-refractivity contribution in [3.8, 4) is 0 Å². The first-order valence-electron chi connectivity index (χ1n) is 6.65. The third kappa shape index (κ3) is 3.21. The number of hydrogen-bond acceptors (Lipinski definition) is 2. The molecule has 0 aromatic rings. The Morgan fingerprint density at radius 3 is 2.81 bits per heavy atom.